The summed E-state index contributed by atoms with van der Waals surface area (Å²) in [7, 11) is 0. The molecule has 0 saturated heterocycles. The summed E-state index contributed by atoms with van der Waals surface area (Å²) < 4.78 is 0. The Morgan fingerprint density at radius 3 is 2.44 bits per heavy atom. The van der Waals surface area contributed by atoms with Crippen molar-refractivity contribution in [3.63, 3.8) is 0 Å². The van der Waals surface area contributed by atoms with Gasteiger partial charge in [0.1, 0.15) is 6.04 Å². The van der Waals surface area contributed by atoms with Gasteiger partial charge >= 0.3 is 0 Å². The molecule has 1 atom stereocenters. The van der Waals surface area contributed by atoms with E-state index in [1.54, 1.807) is 0 Å². The molecule has 0 heterocycles. The van der Waals surface area contributed by atoms with E-state index in [-0.39, 0.29) is 6.54 Å². The minimum absolute atomic E-state index is 0.222. The lowest BCUT2D eigenvalue weighted by molar-refractivity contribution is -0.129. The van der Waals surface area contributed by atoms with Crippen molar-refractivity contribution >= 4 is 11.7 Å². The molecule has 16 heavy (non-hydrogen) atoms. The van der Waals surface area contributed by atoms with E-state index in [2.05, 4.69) is 5.32 Å². The van der Waals surface area contributed by atoms with Crippen molar-refractivity contribution in [2.75, 3.05) is 6.54 Å². The van der Waals surface area contributed by atoms with Crippen LogP contribution in [0.1, 0.15) is 5.56 Å². The largest absolute Gasteiger partial charge is 0.350 e. The third-order valence-electron chi connectivity index (χ3n) is 2.14. The molecule has 1 aromatic carbocycles. The van der Waals surface area contributed by atoms with Crippen molar-refractivity contribution in [2.24, 2.45) is 11.5 Å². The first-order valence-corrected chi connectivity index (χ1v) is 4.95. The van der Waals surface area contributed by atoms with Crippen molar-refractivity contribution in [1.82, 2.24) is 5.32 Å². The van der Waals surface area contributed by atoms with Gasteiger partial charge in [0.15, 0.2) is 5.78 Å². The standard InChI is InChI=1S/C11H15N3O2/c12-6-9(15)10(13)11(16)14-7-8-4-2-1-3-5-8/h1-5,10H,6-7,12-13H2,(H,14,16). The zero-order chi connectivity index (χ0) is 12.0. The van der Waals surface area contributed by atoms with E-state index in [1.165, 1.54) is 0 Å². The molecule has 5 N–H and O–H groups in total. The number of hydrogen-bond acceptors (Lipinski definition) is 4. The summed E-state index contributed by atoms with van der Waals surface area (Å²) in [5, 5.41) is 2.57. The highest BCUT2D eigenvalue weighted by Gasteiger charge is 2.19. The first-order chi connectivity index (χ1) is 7.65. The number of ketones is 1. The van der Waals surface area contributed by atoms with Gasteiger partial charge in [-0.3, -0.25) is 9.59 Å². The van der Waals surface area contributed by atoms with Gasteiger partial charge in [-0.15, -0.1) is 0 Å². The molecule has 0 spiro atoms. The van der Waals surface area contributed by atoms with Crippen LogP contribution in [0.5, 0.6) is 0 Å². The van der Waals surface area contributed by atoms with E-state index < -0.39 is 17.7 Å². The van der Waals surface area contributed by atoms with E-state index in [0.717, 1.165) is 5.56 Å². The predicted molar refractivity (Wildman–Crippen MR) is 60.3 cm³/mol. The number of carbonyl (C=O) groups excluding carboxylic acids is 2. The molecule has 1 unspecified atom stereocenters. The van der Waals surface area contributed by atoms with Crippen LogP contribution in [-0.2, 0) is 16.1 Å². The molecule has 1 rings (SSSR count). The Morgan fingerprint density at radius 1 is 1.25 bits per heavy atom. The Kier molecular flexibility index (Phi) is 4.63. The summed E-state index contributed by atoms with van der Waals surface area (Å²) in [6.07, 6.45) is 0. The molecule has 5 heteroatoms. The van der Waals surface area contributed by atoms with Crippen molar-refractivity contribution in [1.29, 1.82) is 0 Å². The third kappa shape index (κ3) is 3.45. The van der Waals surface area contributed by atoms with Crippen LogP contribution in [0.3, 0.4) is 0 Å². The average molecular weight is 221 g/mol. The smallest absolute Gasteiger partial charge is 0.244 e. The molecule has 0 aliphatic heterocycles. The molecule has 0 aliphatic rings. The Balaban J connectivity index is 2.44. The van der Waals surface area contributed by atoms with Crippen LogP contribution in [-0.4, -0.2) is 24.3 Å². The number of nitrogens with one attached hydrogen (secondary N) is 1. The van der Waals surface area contributed by atoms with Crippen LogP contribution in [0.25, 0.3) is 0 Å². The lowest BCUT2D eigenvalue weighted by Gasteiger charge is -2.10. The fourth-order valence-electron chi connectivity index (χ4n) is 1.17. The van der Waals surface area contributed by atoms with Gasteiger partial charge < -0.3 is 16.8 Å². The number of carbonyl (C=O) groups is 2. The number of Topliss-reactive ketones (excluding diaryl/α,β-unsaturated/α-hetero) is 1. The first kappa shape index (κ1) is 12.4. The summed E-state index contributed by atoms with van der Waals surface area (Å²) in [5.74, 6) is -0.968. The molecule has 0 fully saturated rings. The van der Waals surface area contributed by atoms with Crippen LogP contribution < -0.4 is 16.8 Å². The Hall–Kier alpha value is -1.72. The van der Waals surface area contributed by atoms with Gasteiger partial charge in [-0.05, 0) is 5.56 Å². The summed E-state index contributed by atoms with van der Waals surface area (Å²) >= 11 is 0. The van der Waals surface area contributed by atoms with Gasteiger partial charge in [0.2, 0.25) is 5.91 Å². The van der Waals surface area contributed by atoms with Crippen molar-refractivity contribution in [3.8, 4) is 0 Å². The van der Waals surface area contributed by atoms with Crippen LogP contribution in [0.2, 0.25) is 0 Å². The first-order valence-electron chi connectivity index (χ1n) is 4.95. The molecule has 1 aromatic rings. The number of rotatable bonds is 5. The average Bonchev–Trinajstić information content (AvgIpc) is 2.35. The van der Waals surface area contributed by atoms with Gasteiger partial charge in [0.25, 0.3) is 0 Å². The van der Waals surface area contributed by atoms with E-state index in [0.29, 0.717) is 6.54 Å². The molecule has 0 saturated carbocycles. The normalized spacial score (nSPS) is 11.9. The predicted octanol–water partition coefficient (Wildman–Crippen LogP) is -0.842. The molecular formula is C11H15N3O2. The Bertz CT molecular complexity index is 365. The second kappa shape index (κ2) is 5.99. The molecule has 86 valence electrons. The summed E-state index contributed by atoms with van der Waals surface area (Å²) in [5.41, 5.74) is 11.4. The van der Waals surface area contributed by atoms with Crippen LogP contribution in [0, 0.1) is 0 Å². The highest BCUT2D eigenvalue weighted by atomic mass is 16.2. The zero-order valence-electron chi connectivity index (χ0n) is 8.85. The monoisotopic (exact) mass is 221 g/mol. The third-order valence-corrected chi connectivity index (χ3v) is 2.14. The van der Waals surface area contributed by atoms with Gasteiger partial charge in [0.05, 0.1) is 6.54 Å². The summed E-state index contributed by atoms with van der Waals surface area (Å²) in [4.78, 5) is 22.5. The molecule has 5 nitrogen and oxygen atoms in total. The number of nitrogens with two attached hydrogens (primary N) is 2. The summed E-state index contributed by atoms with van der Waals surface area (Å²) in [6, 6.07) is 8.19. The van der Waals surface area contributed by atoms with Crippen molar-refractivity contribution in [2.45, 2.75) is 12.6 Å². The van der Waals surface area contributed by atoms with Crippen LogP contribution in [0.4, 0.5) is 0 Å². The second-order valence-corrected chi connectivity index (χ2v) is 3.35. The minimum atomic E-state index is -1.17. The lowest BCUT2D eigenvalue weighted by atomic mass is 10.1. The Morgan fingerprint density at radius 2 is 1.88 bits per heavy atom. The molecule has 0 aliphatic carbocycles. The Labute approximate surface area is 93.8 Å². The molecule has 1 amide bonds. The van der Waals surface area contributed by atoms with E-state index in [4.69, 9.17) is 11.5 Å². The maximum Gasteiger partial charge on any atom is 0.244 e. The van der Waals surface area contributed by atoms with E-state index in [9.17, 15) is 9.59 Å². The van der Waals surface area contributed by atoms with E-state index >= 15 is 0 Å². The van der Waals surface area contributed by atoms with Gasteiger partial charge in [0, 0.05) is 6.54 Å². The lowest BCUT2D eigenvalue weighted by Crippen LogP contribution is -2.48. The van der Waals surface area contributed by atoms with Gasteiger partial charge in [-0.25, -0.2) is 0 Å². The number of benzene rings is 1. The van der Waals surface area contributed by atoms with Crippen LogP contribution in [0.15, 0.2) is 30.3 Å². The van der Waals surface area contributed by atoms with Gasteiger partial charge in [-0.1, -0.05) is 30.3 Å². The molecule has 0 radical (unpaired) electrons. The quantitative estimate of drug-likeness (QED) is 0.564. The van der Waals surface area contributed by atoms with Crippen molar-refractivity contribution < 1.29 is 9.59 Å². The van der Waals surface area contributed by atoms with Crippen molar-refractivity contribution in [3.05, 3.63) is 35.9 Å². The summed E-state index contributed by atoms with van der Waals surface area (Å²) in [6.45, 7) is 0.130. The molecule has 0 bridgehead atoms. The highest BCUT2D eigenvalue weighted by molar-refractivity contribution is 6.05. The minimum Gasteiger partial charge on any atom is -0.350 e. The maximum atomic E-state index is 11.4. The highest BCUT2D eigenvalue weighted by Crippen LogP contribution is 1.97. The molecular weight excluding hydrogens is 206 g/mol. The van der Waals surface area contributed by atoms with Gasteiger partial charge in [-0.2, -0.15) is 0 Å². The number of amides is 1. The fraction of sp³-hybridized carbons (Fsp3) is 0.273. The second-order valence-electron chi connectivity index (χ2n) is 3.35. The number of hydrogen-bond donors (Lipinski definition) is 3. The SMILES string of the molecule is NCC(=O)C(N)C(=O)NCc1ccccc1. The topological polar surface area (TPSA) is 98.2 Å². The maximum absolute atomic E-state index is 11.4. The molecule has 0 aromatic heterocycles. The van der Waals surface area contributed by atoms with E-state index in [1.807, 2.05) is 30.3 Å². The zero-order valence-corrected chi connectivity index (χ0v) is 8.85. The van der Waals surface area contributed by atoms with Crippen LogP contribution >= 0.6 is 0 Å². The fourth-order valence-corrected chi connectivity index (χ4v) is 1.17.